The summed E-state index contributed by atoms with van der Waals surface area (Å²) in [5.41, 5.74) is -1.11. The molecule has 4 aliphatic heterocycles. The van der Waals surface area contributed by atoms with Crippen LogP contribution in [0.1, 0.15) is 106 Å². The first-order valence-electron chi connectivity index (χ1n) is 19.3. The molecular formula is C42H50O16. The number of aliphatic hydroxyl groups is 2. The maximum atomic E-state index is 12.9. The SMILES string of the molecule is CCC1(CCCCC2(CC)OC(=O)C(=CC=CC=CC3=C(O)OC(CC)(CC)OC3=O)C(=O)O2)OC(=O)C(=CC=CC=CC2=C(O)OC(CC)(CC)OC2=O)C(=O)O1. The number of rotatable bonds is 17. The summed E-state index contributed by atoms with van der Waals surface area (Å²) in [6, 6.07) is 0. The van der Waals surface area contributed by atoms with Crippen LogP contribution in [0, 0.1) is 0 Å². The van der Waals surface area contributed by atoms with Crippen LogP contribution in [-0.2, 0) is 66.7 Å². The molecule has 16 nitrogen and oxygen atoms in total. The Labute approximate surface area is 336 Å². The van der Waals surface area contributed by atoms with Gasteiger partial charge in [0.15, 0.2) is 0 Å². The van der Waals surface area contributed by atoms with Gasteiger partial charge in [-0.1, -0.05) is 78.0 Å². The molecule has 4 aliphatic rings. The van der Waals surface area contributed by atoms with Gasteiger partial charge in [0, 0.05) is 51.4 Å². The van der Waals surface area contributed by atoms with E-state index in [1.165, 1.54) is 60.8 Å². The van der Waals surface area contributed by atoms with Gasteiger partial charge in [-0.2, -0.15) is 0 Å². The number of carbonyl (C=O) groups is 6. The predicted molar refractivity (Wildman–Crippen MR) is 202 cm³/mol. The third-order valence-corrected chi connectivity index (χ3v) is 10.1. The Morgan fingerprint density at radius 3 is 0.966 bits per heavy atom. The molecule has 0 bridgehead atoms. The summed E-state index contributed by atoms with van der Waals surface area (Å²) in [6.45, 7) is 10.4. The topological polar surface area (TPSA) is 217 Å². The molecular weight excluding hydrogens is 760 g/mol. The first kappa shape index (κ1) is 44.7. The molecule has 0 radical (unpaired) electrons. The van der Waals surface area contributed by atoms with Gasteiger partial charge in [-0.3, -0.25) is 0 Å². The average molecular weight is 811 g/mol. The minimum absolute atomic E-state index is 0.114. The lowest BCUT2D eigenvalue weighted by Gasteiger charge is -2.37. The summed E-state index contributed by atoms with van der Waals surface area (Å²) in [5, 5.41) is 20.4. The van der Waals surface area contributed by atoms with Crippen molar-refractivity contribution in [1.82, 2.24) is 0 Å². The zero-order valence-electron chi connectivity index (χ0n) is 33.5. The van der Waals surface area contributed by atoms with Crippen molar-refractivity contribution in [1.29, 1.82) is 0 Å². The number of esters is 6. The van der Waals surface area contributed by atoms with Crippen LogP contribution in [0.4, 0.5) is 0 Å². The molecule has 16 heteroatoms. The number of aliphatic hydroxyl groups excluding tert-OH is 2. The van der Waals surface area contributed by atoms with Gasteiger partial charge < -0.3 is 48.1 Å². The van der Waals surface area contributed by atoms with Gasteiger partial charge in [-0.15, -0.1) is 0 Å². The minimum atomic E-state index is -1.54. The highest BCUT2D eigenvalue weighted by molar-refractivity contribution is 6.16. The normalized spacial score (nSPS) is 24.7. The van der Waals surface area contributed by atoms with E-state index in [4.69, 9.17) is 37.9 Å². The van der Waals surface area contributed by atoms with Gasteiger partial charge in [0.2, 0.25) is 0 Å². The highest BCUT2D eigenvalue weighted by Gasteiger charge is 2.47. The van der Waals surface area contributed by atoms with Crippen molar-refractivity contribution in [3.05, 3.63) is 94.9 Å². The van der Waals surface area contributed by atoms with Crippen molar-refractivity contribution >= 4 is 35.8 Å². The Hall–Kier alpha value is -6.06. The van der Waals surface area contributed by atoms with E-state index in [1.54, 1.807) is 41.5 Å². The second-order valence-electron chi connectivity index (χ2n) is 13.6. The van der Waals surface area contributed by atoms with Crippen molar-refractivity contribution in [3.8, 4) is 0 Å². The maximum Gasteiger partial charge on any atom is 0.348 e. The number of carbonyl (C=O) groups excluding carboxylic acids is 6. The fourth-order valence-electron chi connectivity index (χ4n) is 6.23. The summed E-state index contributed by atoms with van der Waals surface area (Å²) >= 11 is 0. The van der Waals surface area contributed by atoms with Gasteiger partial charge in [0.25, 0.3) is 35.0 Å². The third-order valence-electron chi connectivity index (χ3n) is 10.1. The molecule has 2 N–H and O–H groups in total. The molecule has 0 aromatic heterocycles. The first-order valence-corrected chi connectivity index (χ1v) is 19.3. The van der Waals surface area contributed by atoms with E-state index in [0.717, 1.165) is 0 Å². The molecule has 0 aromatic carbocycles. The largest absolute Gasteiger partial charge is 0.480 e. The van der Waals surface area contributed by atoms with E-state index >= 15 is 0 Å². The van der Waals surface area contributed by atoms with Gasteiger partial charge in [-0.25, -0.2) is 28.8 Å². The smallest absolute Gasteiger partial charge is 0.348 e. The quantitative estimate of drug-likeness (QED) is 0.0387. The molecule has 0 atom stereocenters. The highest BCUT2D eigenvalue weighted by Crippen LogP contribution is 2.36. The zero-order valence-corrected chi connectivity index (χ0v) is 33.5. The van der Waals surface area contributed by atoms with Crippen molar-refractivity contribution in [3.63, 3.8) is 0 Å². The fourth-order valence-corrected chi connectivity index (χ4v) is 6.23. The lowest BCUT2D eigenvalue weighted by molar-refractivity contribution is -0.244. The second-order valence-corrected chi connectivity index (χ2v) is 13.6. The van der Waals surface area contributed by atoms with E-state index in [2.05, 4.69) is 0 Å². The highest BCUT2D eigenvalue weighted by atomic mass is 16.8. The molecule has 0 unspecified atom stereocenters. The van der Waals surface area contributed by atoms with E-state index in [9.17, 15) is 39.0 Å². The second kappa shape index (κ2) is 18.9. The summed E-state index contributed by atoms with van der Waals surface area (Å²) in [7, 11) is 0. The summed E-state index contributed by atoms with van der Waals surface area (Å²) in [4.78, 5) is 76.4. The minimum Gasteiger partial charge on any atom is -0.480 e. The van der Waals surface area contributed by atoms with Gasteiger partial charge in [0.1, 0.15) is 22.3 Å². The van der Waals surface area contributed by atoms with Crippen molar-refractivity contribution < 1.29 is 76.9 Å². The molecule has 58 heavy (non-hydrogen) atoms. The number of unbranched alkanes of at least 4 members (excludes halogenated alkanes) is 1. The number of hydrogen-bond donors (Lipinski definition) is 2. The Morgan fingerprint density at radius 2 is 0.690 bits per heavy atom. The molecule has 0 saturated carbocycles. The molecule has 0 aromatic rings. The van der Waals surface area contributed by atoms with E-state index in [-0.39, 0.29) is 48.0 Å². The van der Waals surface area contributed by atoms with Crippen LogP contribution in [0.5, 0.6) is 0 Å². The van der Waals surface area contributed by atoms with Crippen molar-refractivity contribution in [2.45, 2.75) is 129 Å². The number of cyclic esters (lactones) is 6. The van der Waals surface area contributed by atoms with Crippen LogP contribution < -0.4 is 0 Å². The van der Waals surface area contributed by atoms with Gasteiger partial charge in [-0.05, 0) is 37.1 Å². The van der Waals surface area contributed by atoms with Crippen LogP contribution in [-0.4, -0.2) is 69.2 Å². The van der Waals surface area contributed by atoms with E-state index in [1.807, 2.05) is 0 Å². The average Bonchev–Trinajstić information content (AvgIpc) is 3.19. The van der Waals surface area contributed by atoms with Crippen LogP contribution in [0.25, 0.3) is 0 Å². The summed E-state index contributed by atoms with van der Waals surface area (Å²) in [5.74, 6) is -11.8. The summed E-state index contributed by atoms with van der Waals surface area (Å²) in [6.07, 6.45) is 15.8. The van der Waals surface area contributed by atoms with Crippen LogP contribution in [0.15, 0.2) is 94.9 Å². The molecule has 4 rings (SSSR count). The van der Waals surface area contributed by atoms with Crippen LogP contribution in [0.3, 0.4) is 0 Å². The standard InChI is InChI=1S/C42H50O16/c1-7-39(8-2)51-31(43)27(32(44)52-39)21-15-13-17-23-29-35(47)55-41(11-5,56-36(29)48)25-19-20-26-42(12-6)57-37(49)30(38(50)58-42)24-18-14-16-22-28-33(45)53-40(9-3,10-4)54-34(28)46/h13-18,21-24,43,45H,7-12,19-20,25-26H2,1-6H3. The molecule has 2 fully saturated rings. The van der Waals surface area contributed by atoms with Gasteiger partial charge >= 0.3 is 35.8 Å². The molecule has 0 aliphatic carbocycles. The lowest BCUT2D eigenvalue weighted by Crippen LogP contribution is -2.47. The molecule has 0 amide bonds. The number of ether oxygens (including phenoxy) is 8. The fraction of sp³-hybridized carbons (Fsp3) is 0.476. The Balaban J connectivity index is 1.29. The number of hydrogen-bond acceptors (Lipinski definition) is 16. The Kier molecular flexibility index (Phi) is 14.6. The predicted octanol–water partition coefficient (Wildman–Crippen LogP) is 6.76. The summed E-state index contributed by atoms with van der Waals surface area (Å²) < 4.78 is 43.9. The number of allylic oxidation sites excluding steroid dienone is 8. The van der Waals surface area contributed by atoms with Crippen molar-refractivity contribution in [2.24, 2.45) is 0 Å². The van der Waals surface area contributed by atoms with E-state index < -0.39 is 70.9 Å². The molecule has 4 heterocycles. The third kappa shape index (κ3) is 10.1. The maximum absolute atomic E-state index is 12.9. The lowest BCUT2D eigenvalue weighted by atomic mass is 9.98. The molecule has 2 saturated heterocycles. The van der Waals surface area contributed by atoms with Crippen LogP contribution >= 0.6 is 0 Å². The Bertz CT molecular complexity index is 1720. The monoisotopic (exact) mass is 810 g/mol. The molecule has 314 valence electrons. The van der Waals surface area contributed by atoms with Crippen molar-refractivity contribution in [2.75, 3.05) is 0 Å². The first-order chi connectivity index (χ1) is 27.6. The van der Waals surface area contributed by atoms with Gasteiger partial charge in [0.05, 0.1) is 0 Å². The molecule has 0 spiro atoms. The van der Waals surface area contributed by atoms with Crippen LogP contribution in [0.2, 0.25) is 0 Å². The zero-order chi connectivity index (χ0) is 42.7. The van der Waals surface area contributed by atoms with E-state index in [0.29, 0.717) is 38.5 Å². The Morgan fingerprint density at radius 1 is 0.397 bits per heavy atom.